The van der Waals surface area contributed by atoms with Crippen LogP contribution in [-0.4, -0.2) is 23.2 Å². The van der Waals surface area contributed by atoms with Crippen LogP contribution < -0.4 is 4.90 Å². The number of nitrogens with zero attached hydrogens (tertiary/aromatic N) is 3. The molecule has 6 rings (SSSR count). The monoisotopic (exact) mass is 371 g/mol. The highest BCUT2D eigenvalue weighted by Gasteiger charge is 2.53. The lowest BCUT2D eigenvalue weighted by Crippen LogP contribution is -2.48. The topological polar surface area (TPSA) is 46.1 Å². The Morgan fingerprint density at radius 1 is 1.15 bits per heavy atom. The summed E-state index contributed by atoms with van der Waals surface area (Å²) in [6.45, 7) is 0. The SMILES string of the molecule is CN(C(=O)c1cccc(F)c1)c1nnc(C23CC4CC(CC(C4)C2)C3)s1. The van der Waals surface area contributed by atoms with Crippen molar-refractivity contribution in [3.05, 3.63) is 40.7 Å². The van der Waals surface area contributed by atoms with Gasteiger partial charge in [0, 0.05) is 18.0 Å². The third-order valence-electron chi connectivity index (χ3n) is 6.57. The molecule has 0 radical (unpaired) electrons. The number of carbonyl (C=O) groups excluding carboxylic acids is 1. The van der Waals surface area contributed by atoms with E-state index in [9.17, 15) is 9.18 Å². The van der Waals surface area contributed by atoms with E-state index >= 15 is 0 Å². The molecule has 4 bridgehead atoms. The minimum atomic E-state index is -0.407. The molecule has 136 valence electrons. The molecular weight excluding hydrogens is 349 g/mol. The van der Waals surface area contributed by atoms with E-state index in [4.69, 9.17) is 0 Å². The van der Waals surface area contributed by atoms with E-state index in [1.165, 1.54) is 55.6 Å². The van der Waals surface area contributed by atoms with Gasteiger partial charge in [-0.2, -0.15) is 0 Å². The summed E-state index contributed by atoms with van der Waals surface area (Å²) in [6.07, 6.45) is 7.87. The quantitative estimate of drug-likeness (QED) is 0.802. The van der Waals surface area contributed by atoms with Crippen LogP contribution in [0.2, 0.25) is 0 Å². The second kappa shape index (κ2) is 5.84. The fraction of sp³-hybridized carbons (Fsp3) is 0.550. The van der Waals surface area contributed by atoms with Crippen molar-refractivity contribution in [3.8, 4) is 0 Å². The van der Waals surface area contributed by atoms with E-state index in [0.717, 1.165) is 22.8 Å². The molecule has 0 unspecified atom stereocenters. The third-order valence-corrected chi connectivity index (χ3v) is 7.82. The molecule has 0 saturated heterocycles. The van der Waals surface area contributed by atoms with Crippen molar-refractivity contribution in [1.82, 2.24) is 10.2 Å². The molecule has 1 heterocycles. The molecule has 0 N–H and O–H groups in total. The summed E-state index contributed by atoms with van der Waals surface area (Å²) in [6, 6.07) is 5.78. The highest BCUT2D eigenvalue weighted by Crippen LogP contribution is 2.61. The van der Waals surface area contributed by atoms with Gasteiger partial charge in [0.15, 0.2) is 0 Å². The number of hydrogen-bond acceptors (Lipinski definition) is 4. The maximum Gasteiger partial charge on any atom is 0.259 e. The van der Waals surface area contributed by atoms with E-state index < -0.39 is 5.82 Å². The standard InChI is InChI=1S/C20H22FN3OS/c1-24(17(25)15-3-2-4-16(21)8-15)19-23-22-18(26-19)20-9-12-5-13(10-20)7-14(6-12)11-20/h2-4,8,12-14H,5-7,9-11H2,1H3. The molecule has 4 saturated carbocycles. The fourth-order valence-electron chi connectivity index (χ4n) is 5.84. The second-order valence-corrected chi connectivity index (χ2v) is 9.42. The number of amides is 1. The minimum Gasteiger partial charge on any atom is -0.286 e. The van der Waals surface area contributed by atoms with Gasteiger partial charge < -0.3 is 0 Å². The lowest BCUT2D eigenvalue weighted by Gasteiger charge is -2.55. The number of rotatable bonds is 3. The van der Waals surface area contributed by atoms with Crippen LogP contribution in [0.5, 0.6) is 0 Å². The number of halogens is 1. The van der Waals surface area contributed by atoms with Gasteiger partial charge in [0.1, 0.15) is 10.8 Å². The Morgan fingerprint density at radius 2 is 1.81 bits per heavy atom. The van der Waals surface area contributed by atoms with Gasteiger partial charge in [-0.1, -0.05) is 17.4 Å². The summed E-state index contributed by atoms with van der Waals surface area (Å²) in [5, 5.41) is 10.5. The van der Waals surface area contributed by atoms with Crippen molar-refractivity contribution in [2.45, 2.75) is 43.9 Å². The number of anilines is 1. The van der Waals surface area contributed by atoms with Gasteiger partial charge in [-0.15, -0.1) is 10.2 Å². The number of hydrogen-bond donors (Lipinski definition) is 0. The molecular formula is C20H22FN3OS. The van der Waals surface area contributed by atoms with Crippen LogP contribution >= 0.6 is 11.3 Å². The lowest BCUT2D eigenvalue weighted by molar-refractivity contribution is -0.00555. The predicted octanol–water partition coefficient (Wildman–Crippen LogP) is 4.42. The van der Waals surface area contributed by atoms with Crippen LogP contribution in [-0.2, 0) is 5.41 Å². The van der Waals surface area contributed by atoms with E-state index in [0.29, 0.717) is 10.7 Å². The van der Waals surface area contributed by atoms with Crippen molar-refractivity contribution in [1.29, 1.82) is 0 Å². The highest BCUT2D eigenvalue weighted by atomic mass is 32.1. The van der Waals surface area contributed by atoms with Gasteiger partial charge in [-0.05, 0) is 74.5 Å². The molecule has 4 fully saturated rings. The van der Waals surface area contributed by atoms with Crippen molar-refractivity contribution >= 4 is 22.4 Å². The summed E-state index contributed by atoms with van der Waals surface area (Å²) < 4.78 is 13.4. The Labute approximate surface area is 156 Å². The maximum absolute atomic E-state index is 13.4. The highest BCUT2D eigenvalue weighted by molar-refractivity contribution is 7.15. The first-order valence-electron chi connectivity index (χ1n) is 9.40. The normalized spacial score (nSPS) is 32.0. The first-order valence-corrected chi connectivity index (χ1v) is 10.2. The Hall–Kier alpha value is -1.82. The predicted molar refractivity (Wildman–Crippen MR) is 98.9 cm³/mol. The Morgan fingerprint density at radius 3 is 2.42 bits per heavy atom. The van der Waals surface area contributed by atoms with E-state index in [1.54, 1.807) is 30.5 Å². The zero-order valence-corrected chi connectivity index (χ0v) is 15.6. The van der Waals surface area contributed by atoms with E-state index in [2.05, 4.69) is 10.2 Å². The van der Waals surface area contributed by atoms with Crippen LogP contribution in [0.1, 0.15) is 53.9 Å². The smallest absolute Gasteiger partial charge is 0.259 e. The van der Waals surface area contributed by atoms with Crippen LogP contribution in [0.4, 0.5) is 9.52 Å². The van der Waals surface area contributed by atoms with Gasteiger partial charge in [-0.3, -0.25) is 9.69 Å². The first kappa shape index (κ1) is 16.4. The molecule has 4 nitrogen and oxygen atoms in total. The molecule has 26 heavy (non-hydrogen) atoms. The van der Waals surface area contributed by atoms with Crippen molar-refractivity contribution in [2.24, 2.45) is 17.8 Å². The van der Waals surface area contributed by atoms with E-state index in [-0.39, 0.29) is 11.3 Å². The maximum atomic E-state index is 13.4. The molecule has 4 aliphatic rings. The number of carbonyl (C=O) groups is 1. The molecule has 6 heteroatoms. The van der Waals surface area contributed by atoms with Crippen LogP contribution in [0.3, 0.4) is 0 Å². The van der Waals surface area contributed by atoms with Crippen molar-refractivity contribution < 1.29 is 9.18 Å². The van der Waals surface area contributed by atoms with Crippen molar-refractivity contribution in [2.75, 3.05) is 11.9 Å². The average molecular weight is 371 g/mol. The fourth-order valence-corrected chi connectivity index (χ4v) is 6.86. The summed E-state index contributed by atoms with van der Waals surface area (Å²) in [7, 11) is 1.69. The molecule has 0 atom stereocenters. The van der Waals surface area contributed by atoms with Gasteiger partial charge in [0.2, 0.25) is 5.13 Å². The van der Waals surface area contributed by atoms with Gasteiger partial charge in [-0.25, -0.2) is 4.39 Å². The minimum absolute atomic E-state index is 0.188. The molecule has 1 aromatic heterocycles. The summed E-state index contributed by atoms with van der Waals surface area (Å²) in [5.74, 6) is 1.88. The van der Waals surface area contributed by atoms with Crippen LogP contribution in [0, 0.1) is 23.6 Å². The van der Waals surface area contributed by atoms with Gasteiger partial charge >= 0.3 is 0 Å². The lowest BCUT2D eigenvalue weighted by atomic mass is 9.50. The molecule has 0 aliphatic heterocycles. The van der Waals surface area contributed by atoms with Crippen LogP contribution in [0.15, 0.2) is 24.3 Å². The Kier molecular flexibility index (Phi) is 3.68. The largest absolute Gasteiger partial charge is 0.286 e. The summed E-state index contributed by atoms with van der Waals surface area (Å²) >= 11 is 1.55. The Balaban J connectivity index is 1.41. The zero-order chi connectivity index (χ0) is 17.9. The van der Waals surface area contributed by atoms with Crippen molar-refractivity contribution in [3.63, 3.8) is 0 Å². The molecule has 0 spiro atoms. The van der Waals surface area contributed by atoms with E-state index in [1.807, 2.05) is 0 Å². The van der Waals surface area contributed by atoms with Crippen LogP contribution in [0.25, 0.3) is 0 Å². The first-order chi connectivity index (χ1) is 12.5. The molecule has 2 aromatic rings. The number of benzene rings is 1. The average Bonchev–Trinajstić information content (AvgIpc) is 3.10. The number of aromatic nitrogens is 2. The molecule has 1 aromatic carbocycles. The molecule has 4 aliphatic carbocycles. The third kappa shape index (κ3) is 2.57. The second-order valence-electron chi connectivity index (χ2n) is 8.46. The van der Waals surface area contributed by atoms with Gasteiger partial charge in [0.25, 0.3) is 5.91 Å². The summed E-state index contributed by atoms with van der Waals surface area (Å²) in [4.78, 5) is 14.1. The zero-order valence-electron chi connectivity index (χ0n) is 14.8. The Bertz CT molecular complexity index is 829. The molecule has 1 amide bonds. The van der Waals surface area contributed by atoms with Gasteiger partial charge in [0.05, 0.1) is 0 Å². The summed E-state index contributed by atoms with van der Waals surface area (Å²) in [5.41, 5.74) is 0.520.